The maximum Gasteiger partial charge on any atom is 0.270 e. The second-order valence-corrected chi connectivity index (χ2v) is 7.22. The lowest BCUT2D eigenvalue weighted by atomic mass is 9.99. The molecule has 1 unspecified atom stereocenters. The zero-order valence-electron chi connectivity index (χ0n) is 18.2. The van der Waals surface area contributed by atoms with E-state index in [1.54, 1.807) is 18.2 Å². The average molecular weight is 474 g/mol. The summed E-state index contributed by atoms with van der Waals surface area (Å²) >= 11 is 0. The minimum Gasteiger partial charge on any atom is -0.493 e. The lowest BCUT2D eigenvalue weighted by Crippen LogP contribution is -2.39. The van der Waals surface area contributed by atoms with E-state index in [1.807, 2.05) is 0 Å². The molecule has 0 aliphatic heterocycles. The Morgan fingerprint density at radius 2 is 1.50 bits per heavy atom. The molecule has 0 aliphatic carbocycles. The Bertz CT molecular complexity index is 1180. The van der Waals surface area contributed by atoms with Gasteiger partial charge in [-0.05, 0) is 46.5 Å². The van der Waals surface area contributed by atoms with E-state index in [1.165, 1.54) is 44.0 Å². The van der Waals surface area contributed by atoms with Crippen molar-refractivity contribution in [2.75, 3.05) is 14.2 Å². The highest BCUT2D eigenvalue weighted by molar-refractivity contribution is 5.89. The number of methoxy groups -OCH3 is 2. The van der Waals surface area contributed by atoms with E-state index >= 15 is 0 Å². The highest BCUT2D eigenvalue weighted by Gasteiger charge is 2.23. The van der Waals surface area contributed by atoms with Crippen molar-refractivity contribution in [3.63, 3.8) is 0 Å². The van der Waals surface area contributed by atoms with Crippen LogP contribution in [0.4, 0.5) is 13.2 Å². The number of hydrogen-bond acceptors (Lipinski definition) is 5. The normalized spacial score (nSPS) is 11.5. The Morgan fingerprint density at radius 3 is 2.06 bits per heavy atom. The average Bonchev–Trinajstić information content (AvgIpc) is 2.85. The monoisotopic (exact) mass is 474 g/mol. The molecule has 0 radical (unpaired) electrons. The predicted molar refractivity (Wildman–Crippen MR) is 116 cm³/mol. The first-order chi connectivity index (χ1) is 16.3. The van der Waals surface area contributed by atoms with Gasteiger partial charge in [0.2, 0.25) is 5.91 Å². The van der Waals surface area contributed by atoms with Gasteiger partial charge in [0, 0.05) is 0 Å². The number of carbonyl (C=O) groups is 2. The van der Waals surface area contributed by atoms with Gasteiger partial charge in [0.25, 0.3) is 5.91 Å². The Hall–Kier alpha value is -4.05. The van der Waals surface area contributed by atoms with Gasteiger partial charge in [-0.2, -0.15) is 0 Å². The number of nitrogens with one attached hydrogen (secondary N) is 2. The van der Waals surface area contributed by atoms with Gasteiger partial charge in [-0.3, -0.25) is 14.8 Å². The van der Waals surface area contributed by atoms with Crippen LogP contribution in [-0.2, 0) is 16.0 Å². The van der Waals surface area contributed by atoms with Gasteiger partial charge in [-0.1, -0.05) is 30.3 Å². The van der Waals surface area contributed by atoms with Gasteiger partial charge in [-0.15, -0.1) is 0 Å². The number of rotatable bonds is 8. The summed E-state index contributed by atoms with van der Waals surface area (Å²) in [6.07, 6.45) is -0.0955. The topological polar surface area (TPSA) is 96.9 Å². The van der Waals surface area contributed by atoms with Crippen LogP contribution >= 0.6 is 0 Å². The number of hydrogen-bond donors (Lipinski definition) is 3. The van der Waals surface area contributed by atoms with Crippen molar-refractivity contribution in [2.45, 2.75) is 12.5 Å². The molecular weight excluding hydrogens is 453 g/mol. The van der Waals surface area contributed by atoms with Crippen LogP contribution in [-0.4, -0.2) is 31.2 Å². The lowest BCUT2D eigenvalue weighted by Gasteiger charge is -2.18. The molecule has 0 saturated carbocycles. The summed E-state index contributed by atoms with van der Waals surface area (Å²) in [6, 6.07) is 11.1. The van der Waals surface area contributed by atoms with Crippen molar-refractivity contribution in [3.05, 3.63) is 83.2 Å². The molecule has 0 saturated heterocycles. The highest BCUT2D eigenvalue weighted by atomic mass is 19.2. The molecule has 3 N–H and O–H groups in total. The molecule has 0 heterocycles. The lowest BCUT2D eigenvalue weighted by molar-refractivity contribution is -0.134. The van der Waals surface area contributed by atoms with Crippen LogP contribution in [0.25, 0.3) is 11.1 Å². The maximum atomic E-state index is 13.5. The molecule has 0 bridgehead atoms. The fourth-order valence-electron chi connectivity index (χ4n) is 3.34. The van der Waals surface area contributed by atoms with E-state index in [4.69, 9.17) is 14.7 Å². The van der Waals surface area contributed by atoms with E-state index in [0.717, 1.165) is 12.1 Å². The Kier molecular flexibility index (Phi) is 7.75. The second kappa shape index (κ2) is 10.7. The Morgan fingerprint density at radius 1 is 0.882 bits per heavy atom. The number of carbonyl (C=O) groups excluding carboxylic acids is 2. The third-order valence-corrected chi connectivity index (χ3v) is 5.05. The second-order valence-electron chi connectivity index (χ2n) is 7.22. The third-order valence-electron chi connectivity index (χ3n) is 5.05. The largest absolute Gasteiger partial charge is 0.493 e. The Balaban J connectivity index is 1.79. The van der Waals surface area contributed by atoms with Gasteiger partial charge in [0.15, 0.2) is 29.0 Å². The fourth-order valence-corrected chi connectivity index (χ4v) is 3.34. The maximum absolute atomic E-state index is 13.5. The predicted octanol–water partition coefficient (Wildman–Crippen LogP) is 3.69. The van der Waals surface area contributed by atoms with Gasteiger partial charge in [-0.25, -0.2) is 18.7 Å². The van der Waals surface area contributed by atoms with Crippen LogP contribution in [0.15, 0.2) is 54.6 Å². The van der Waals surface area contributed by atoms with Crippen molar-refractivity contribution in [2.24, 2.45) is 0 Å². The summed E-state index contributed by atoms with van der Waals surface area (Å²) in [4.78, 5) is 24.8. The first kappa shape index (κ1) is 24.6. The molecule has 1 atom stereocenters. The van der Waals surface area contributed by atoms with Crippen molar-refractivity contribution in [1.82, 2.24) is 10.8 Å². The molecule has 34 heavy (non-hydrogen) atoms. The number of halogens is 3. The van der Waals surface area contributed by atoms with Crippen LogP contribution < -0.4 is 20.3 Å². The minimum atomic E-state index is -1.57. The molecule has 0 fully saturated rings. The molecule has 178 valence electrons. The number of hydroxylamine groups is 1. The van der Waals surface area contributed by atoms with E-state index in [2.05, 4.69) is 5.32 Å². The fraction of sp³-hybridized carbons (Fsp3) is 0.167. The van der Waals surface area contributed by atoms with E-state index in [0.29, 0.717) is 28.2 Å². The molecule has 10 heteroatoms. The van der Waals surface area contributed by atoms with Crippen molar-refractivity contribution in [3.8, 4) is 22.6 Å². The van der Waals surface area contributed by atoms with Crippen LogP contribution in [0.5, 0.6) is 11.5 Å². The Labute approximate surface area is 193 Å². The van der Waals surface area contributed by atoms with Crippen LogP contribution in [0.1, 0.15) is 17.2 Å². The van der Waals surface area contributed by atoms with E-state index in [-0.39, 0.29) is 12.0 Å². The molecule has 0 aromatic heterocycles. The van der Waals surface area contributed by atoms with Gasteiger partial charge < -0.3 is 14.8 Å². The van der Waals surface area contributed by atoms with Crippen molar-refractivity contribution < 1.29 is 37.4 Å². The molecule has 3 aromatic rings. The standard InChI is InChI=1S/C24H21F3N2O5/c1-33-19-8-3-13(9-20(19)34-2)10-21(30)28-23(24(31)29-32)15-6-4-14(5-7-15)16-11-17(25)22(27)18(26)12-16/h3-9,11-12,23,32H,10H2,1-2H3,(H,28,30)(H,29,31). The highest BCUT2D eigenvalue weighted by Crippen LogP contribution is 2.28. The van der Waals surface area contributed by atoms with Gasteiger partial charge in [0.1, 0.15) is 6.04 Å². The molecular formula is C24H21F3N2O5. The van der Waals surface area contributed by atoms with E-state index in [9.17, 15) is 22.8 Å². The zero-order chi connectivity index (χ0) is 24.8. The van der Waals surface area contributed by atoms with Gasteiger partial charge in [0.05, 0.1) is 20.6 Å². The summed E-state index contributed by atoms with van der Waals surface area (Å²) in [5, 5.41) is 11.6. The van der Waals surface area contributed by atoms with Crippen molar-refractivity contribution >= 4 is 11.8 Å². The van der Waals surface area contributed by atoms with Gasteiger partial charge >= 0.3 is 0 Å². The van der Waals surface area contributed by atoms with Crippen LogP contribution in [0.2, 0.25) is 0 Å². The quantitative estimate of drug-likeness (QED) is 0.263. The zero-order valence-corrected chi connectivity index (χ0v) is 18.2. The number of ether oxygens (including phenoxy) is 2. The third kappa shape index (κ3) is 5.46. The smallest absolute Gasteiger partial charge is 0.270 e. The first-order valence-electron chi connectivity index (χ1n) is 9.96. The molecule has 3 rings (SSSR count). The molecule has 2 amide bonds. The van der Waals surface area contributed by atoms with Crippen LogP contribution in [0.3, 0.4) is 0 Å². The SMILES string of the molecule is COc1ccc(CC(=O)NC(C(=O)NO)c2ccc(-c3cc(F)c(F)c(F)c3)cc2)cc1OC. The number of amides is 2. The summed E-state index contributed by atoms with van der Waals surface area (Å²) in [6.45, 7) is 0. The van der Waals surface area contributed by atoms with Crippen LogP contribution in [0, 0.1) is 17.5 Å². The minimum absolute atomic E-state index is 0.0867. The molecule has 0 spiro atoms. The summed E-state index contributed by atoms with van der Waals surface area (Å²) in [5.41, 5.74) is 2.82. The molecule has 0 aliphatic rings. The first-order valence-corrected chi connectivity index (χ1v) is 9.96. The number of benzene rings is 3. The van der Waals surface area contributed by atoms with E-state index < -0.39 is 35.3 Å². The van der Waals surface area contributed by atoms with Crippen molar-refractivity contribution in [1.29, 1.82) is 0 Å². The summed E-state index contributed by atoms with van der Waals surface area (Å²) in [5.74, 6) is -4.73. The summed E-state index contributed by atoms with van der Waals surface area (Å²) < 4.78 is 50.7. The molecule has 7 nitrogen and oxygen atoms in total. The summed E-state index contributed by atoms with van der Waals surface area (Å²) in [7, 11) is 2.94. The molecule has 3 aromatic carbocycles.